The van der Waals surface area contributed by atoms with Gasteiger partial charge in [0, 0.05) is 29.6 Å². The molecule has 1 heterocycles. The van der Waals surface area contributed by atoms with Crippen molar-refractivity contribution in [3.05, 3.63) is 46.3 Å². The molecule has 0 saturated heterocycles. The molecule has 1 aliphatic heterocycles. The van der Waals surface area contributed by atoms with Gasteiger partial charge < -0.3 is 29.0 Å². The third-order valence-electron chi connectivity index (χ3n) is 6.23. The largest absolute Gasteiger partial charge is 0.497 e. The Morgan fingerprint density at radius 2 is 1.82 bits per heavy atom. The summed E-state index contributed by atoms with van der Waals surface area (Å²) < 4.78 is 26.4. The highest BCUT2D eigenvalue weighted by atomic mass is 16.6. The van der Waals surface area contributed by atoms with E-state index in [1.165, 1.54) is 28.4 Å². The summed E-state index contributed by atoms with van der Waals surface area (Å²) in [7, 11) is 5.81. The van der Waals surface area contributed by atoms with Gasteiger partial charge in [-0.3, -0.25) is 9.59 Å². The van der Waals surface area contributed by atoms with Crippen LogP contribution >= 0.6 is 0 Å². The van der Waals surface area contributed by atoms with Crippen molar-refractivity contribution in [3.8, 4) is 11.5 Å². The predicted molar refractivity (Wildman–Crippen MR) is 122 cm³/mol. The van der Waals surface area contributed by atoms with Gasteiger partial charge in [0.05, 0.1) is 39.4 Å². The van der Waals surface area contributed by atoms with Crippen LogP contribution in [0.3, 0.4) is 0 Å². The average molecular weight is 474 g/mol. The first-order chi connectivity index (χ1) is 16.3. The Kier molecular flexibility index (Phi) is 7.98. The highest BCUT2D eigenvalue weighted by Gasteiger charge is 2.48. The molecule has 184 valence electrons. The van der Waals surface area contributed by atoms with E-state index in [1.807, 2.05) is 6.92 Å². The number of dihydropyridines is 1. The molecule has 0 aromatic heterocycles. The lowest BCUT2D eigenvalue weighted by atomic mass is 9.69. The van der Waals surface area contributed by atoms with Gasteiger partial charge >= 0.3 is 11.9 Å². The second-order valence-corrected chi connectivity index (χ2v) is 8.27. The highest BCUT2D eigenvalue weighted by Crippen LogP contribution is 2.48. The average Bonchev–Trinajstić information content (AvgIpc) is 2.82. The number of benzene rings is 1. The SMILES string of the molecule is COCCOC(=O)C1=C(C)NC2=C(C(=O)[C@H](C(=O)OC)[C@@H](C)C2)[C@H]1c1cc(OC)ccc1OC. The third-order valence-corrected chi connectivity index (χ3v) is 6.23. The number of carbonyl (C=O) groups excluding carboxylic acids is 3. The van der Waals surface area contributed by atoms with Crippen LogP contribution in [0.1, 0.15) is 31.7 Å². The Morgan fingerprint density at radius 3 is 2.44 bits per heavy atom. The summed E-state index contributed by atoms with van der Waals surface area (Å²) >= 11 is 0. The topological polar surface area (TPSA) is 109 Å². The Balaban J connectivity index is 2.22. The monoisotopic (exact) mass is 473 g/mol. The number of Topliss-reactive ketones (excluding diaryl/α,β-unsaturated/α-hetero) is 1. The zero-order valence-electron chi connectivity index (χ0n) is 20.4. The molecule has 3 rings (SSSR count). The van der Waals surface area contributed by atoms with Gasteiger partial charge in [-0.2, -0.15) is 0 Å². The van der Waals surface area contributed by atoms with Crippen LogP contribution in [0.15, 0.2) is 40.7 Å². The van der Waals surface area contributed by atoms with Crippen molar-refractivity contribution in [2.45, 2.75) is 26.2 Å². The van der Waals surface area contributed by atoms with Gasteiger partial charge in [-0.05, 0) is 37.5 Å². The van der Waals surface area contributed by atoms with Crippen molar-refractivity contribution < 1.29 is 38.1 Å². The fourth-order valence-electron chi connectivity index (χ4n) is 4.62. The van der Waals surface area contributed by atoms with Gasteiger partial charge in [0.1, 0.15) is 24.0 Å². The fourth-order valence-corrected chi connectivity index (χ4v) is 4.62. The molecular weight excluding hydrogens is 442 g/mol. The van der Waals surface area contributed by atoms with Crippen LogP contribution in [-0.4, -0.2) is 59.4 Å². The molecule has 0 amide bonds. The molecule has 0 saturated carbocycles. The summed E-state index contributed by atoms with van der Waals surface area (Å²) in [4.78, 5) is 39.6. The van der Waals surface area contributed by atoms with Crippen LogP contribution in [0.4, 0.5) is 0 Å². The molecule has 9 nitrogen and oxygen atoms in total. The predicted octanol–water partition coefficient (Wildman–Crippen LogP) is 2.51. The zero-order chi connectivity index (χ0) is 25.0. The molecule has 1 aromatic rings. The van der Waals surface area contributed by atoms with E-state index in [9.17, 15) is 14.4 Å². The first-order valence-corrected chi connectivity index (χ1v) is 11.0. The van der Waals surface area contributed by atoms with E-state index in [2.05, 4.69) is 5.32 Å². The lowest BCUT2D eigenvalue weighted by molar-refractivity contribution is -0.151. The Labute approximate surface area is 199 Å². The van der Waals surface area contributed by atoms with Crippen molar-refractivity contribution >= 4 is 17.7 Å². The third kappa shape index (κ3) is 4.65. The van der Waals surface area contributed by atoms with Crippen LogP contribution in [0.5, 0.6) is 11.5 Å². The molecular formula is C25H31NO8. The molecule has 0 fully saturated rings. The number of ketones is 1. The minimum absolute atomic E-state index is 0.0513. The summed E-state index contributed by atoms with van der Waals surface area (Å²) in [6.45, 7) is 3.88. The molecule has 3 atom stereocenters. The van der Waals surface area contributed by atoms with Crippen molar-refractivity contribution in [3.63, 3.8) is 0 Å². The number of nitrogens with one attached hydrogen (secondary N) is 1. The van der Waals surface area contributed by atoms with Gasteiger partial charge in [-0.1, -0.05) is 6.92 Å². The van der Waals surface area contributed by atoms with Gasteiger partial charge in [0.15, 0.2) is 5.78 Å². The molecule has 2 aliphatic rings. The molecule has 0 radical (unpaired) electrons. The molecule has 0 bridgehead atoms. The van der Waals surface area contributed by atoms with Gasteiger partial charge in [-0.25, -0.2) is 4.79 Å². The summed E-state index contributed by atoms with van der Waals surface area (Å²) in [5.41, 5.74) is 2.36. The van der Waals surface area contributed by atoms with E-state index in [1.54, 1.807) is 25.1 Å². The van der Waals surface area contributed by atoms with Crippen LogP contribution in [-0.2, 0) is 28.6 Å². The lowest BCUT2D eigenvalue weighted by Gasteiger charge is -2.38. The summed E-state index contributed by atoms with van der Waals surface area (Å²) in [5, 5.41) is 3.23. The number of carbonyl (C=O) groups is 3. The smallest absolute Gasteiger partial charge is 0.336 e. The van der Waals surface area contributed by atoms with E-state index in [0.29, 0.717) is 40.5 Å². The fraction of sp³-hybridized carbons (Fsp3) is 0.480. The van der Waals surface area contributed by atoms with Crippen LogP contribution in [0.25, 0.3) is 0 Å². The standard InChI is InChI=1S/C25H31NO8/c1-13-11-17-22(23(27)19(13)24(28)33-6)21(16-12-15(31-4)7-8-18(16)32-5)20(14(2)26-17)25(29)34-10-9-30-3/h7-8,12-13,19,21,26H,9-11H2,1-6H3/t13-,19+,21-/m0/s1. The molecule has 9 heteroatoms. The first-order valence-electron chi connectivity index (χ1n) is 11.0. The number of esters is 2. The number of methoxy groups -OCH3 is 4. The molecule has 0 unspecified atom stereocenters. The number of hydrogen-bond donors (Lipinski definition) is 1. The number of ether oxygens (including phenoxy) is 5. The first kappa shape index (κ1) is 25.3. The zero-order valence-corrected chi connectivity index (χ0v) is 20.4. The number of allylic oxidation sites excluding steroid dienone is 3. The Bertz CT molecular complexity index is 1040. The van der Waals surface area contributed by atoms with Crippen molar-refractivity contribution in [1.82, 2.24) is 5.32 Å². The summed E-state index contributed by atoms with van der Waals surface area (Å²) in [5.74, 6) is -2.67. The van der Waals surface area contributed by atoms with Crippen molar-refractivity contribution in [1.29, 1.82) is 0 Å². The maximum absolute atomic E-state index is 13.8. The Hall–Kier alpha value is -3.33. The van der Waals surface area contributed by atoms with Gasteiger partial charge in [0.2, 0.25) is 0 Å². The maximum Gasteiger partial charge on any atom is 0.336 e. The number of rotatable bonds is 8. The molecule has 34 heavy (non-hydrogen) atoms. The highest BCUT2D eigenvalue weighted by molar-refractivity contribution is 6.12. The second-order valence-electron chi connectivity index (χ2n) is 8.27. The van der Waals surface area contributed by atoms with E-state index < -0.39 is 29.6 Å². The van der Waals surface area contributed by atoms with Crippen LogP contribution in [0, 0.1) is 11.8 Å². The molecule has 1 N–H and O–H groups in total. The maximum atomic E-state index is 13.8. The van der Waals surface area contributed by atoms with Gasteiger partial charge in [-0.15, -0.1) is 0 Å². The van der Waals surface area contributed by atoms with Gasteiger partial charge in [0.25, 0.3) is 0 Å². The summed E-state index contributed by atoms with van der Waals surface area (Å²) in [6, 6.07) is 5.18. The van der Waals surface area contributed by atoms with Crippen LogP contribution in [0.2, 0.25) is 0 Å². The molecule has 1 aromatic carbocycles. The number of hydrogen-bond acceptors (Lipinski definition) is 9. The van der Waals surface area contributed by atoms with Crippen LogP contribution < -0.4 is 14.8 Å². The normalized spacial score (nSPS) is 22.1. The van der Waals surface area contributed by atoms with Crippen molar-refractivity contribution in [2.24, 2.45) is 11.8 Å². The van der Waals surface area contributed by atoms with Crippen molar-refractivity contribution in [2.75, 3.05) is 41.7 Å². The minimum atomic E-state index is -0.978. The minimum Gasteiger partial charge on any atom is -0.497 e. The lowest BCUT2D eigenvalue weighted by Crippen LogP contribution is -2.43. The van der Waals surface area contributed by atoms with E-state index in [4.69, 9.17) is 23.7 Å². The van der Waals surface area contributed by atoms with E-state index in [0.717, 1.165) is 0 Å². The van der Waals surface area contributed by atoms with E-state index >= 15 is 0 Å². The molecule has 0 spiro atoms. The van der Waals surface area contributed by atoms with E-state index in [-0.39, 0.29) is 24.7 Å². The summed E-state index contributed by atoms with van der Waals surface area (Å²) in [6.07, 6.45) is 0.437. The molecule has 1 aliphatic carbocycles. The Morgan fingerprint density at radius 1 is 1.09 bits per heavy atom. The quantitative estimate of drug-likeness (QED) is 0.346. The second kappa shape index (κ2) is 10.7.